The number of ether oxygens (including phenoxy) is 1. The molecule has 1 heterocycles. The normalized spacial score (nSPS) is 12.5. The number of hydrogen-bond donors (Lipinski definition) is 2. The molecule has 0 radical (unpaired) electrons. The highest BCUT2D eigenvalue weighted by molar-refractivity contribution is 6.05. The minimum atomic E-state index is -4.50. The van der Waals surface area contributed by atoms with E-state index in [1.807, 2.05) is 30.3 Å². The number of rotatable bonds is 8. The van der Waals surface area contributed by atoms with Crippen molar-refractivity contribution in [1.29, 1.82) is 0 Å². The molecule has 0 spiro atoms. The van der Waals surface area contributed by atoms with Crippen LogP contribution in [0.15, 0.2) is 101 Å². The van der Waals surface area contributed by atoms with E-state index in [1.165, 1.54) is 37.5 Å². The van der Waals surface area contributed by atoms with Crippen molar-refractivity contribution in [3.8, 4) is 17.1 Å². The first kappa shape index (κ1) is 27.3. The Morgan fingerprint density at radius 1 is 0.923 bits per heavy atom. The third-order valence-corrected chi connectivity index (χ3v) is 5.88. The van der Waals surface area contributed by atoms with Crippen LogP contribution in [0, 0.1) is 0 Å². The second-order valence-electron chi connectivity index (χ2n) is 8.63. The van der Waals surface area contributed by atoms with Gasteiger partial charge in [-0.1, -0.05) is 42.5 Å². The van der Waals surface area contributed by atoms with Crippen LogP contribution in [-0.2, 0) is 11.0 Å². The smallest absolute Gasteiger partial charge is 0.416 e. The Morgan fingerprint density at radius 2 is 1.64 bits per heavy atom. The molecule has 0 saturated carbocycles. The number of amides is 2. The van der Waals surface area contributed by atoms with Crippen LogP contribution in [-0.4, -0.2) is 18.9 Å². The van der Waals surface area contributed by atoms with Crippen molar-refractivity contribution >= 4 is 17.9 Å². The summed E-state index contributed by atoms with van der Waals surface area (Å²) in [6.45, 7) is 1.80. The standard InChI is InChI=1S/C30H25F3N2O4/c1-19(20-7-4-3-5-8-20)34-29(37)26(35-28(36)21-11-13-24(38-2)14-12-21)18-25-15-16-27(39-25)22-9-6-10-23(17-22)30(31,32)33/h3-19H,1-2H3,(H,34,37)(H,35,36)/b26-18-/t19-/m0/s1. The largest absolute Gasteiger partial charge is 0.497 e. The zero-order valence-corrected chi connectivity index (χ0v) is 21.1. The maximum atomic E-state index is 13.2. The second-order valence-corrected chi connectivity index (χ2v) is 8.63. The van der Waals surface area contributed by atoms with Gasteiger partial charge in [0.2, 0.25) is 0 Å². The van der Waals surface area contributed by atoms with Crippen LogP contribution in [0.4, 0.5) is 13.2 Å². The van der Waals surface area contributed by atoms with Crippen molar-refractivity contribution in [3.63, 3.8) is 0 Å². The number of hydrogen-bond acceptors (Lipinski definition) is 4. The zero-order valence-electron chi connectivity index (χ0n) is 21.1. The zero-order chi connectivity index (χ0) is 28.0. The van der Waals surface area contributed by atoms with Crippen LogP contribution in [0.1, 0.15) is 40.2 Å². The maximum Gasteiger partial charge on any atom is 0.416 e. The summed E-state index contributed by atoms with van der Waals surface area (Å²) in [6.07, 6.45) is -3.18. The molecule has 0 aliphatic rings. The van der Waals surface area contributed by atoms with Gasteiger partial charge in [0.05, 0.1) is 18.7 Å². The molecule has 3 aromatic carbocycles. The lowest BCUT2D eigenvalue weighted by molar-refractivity contribution is -0.137. The van der Waals surface area contributed by atoms with Crippen molar-refractivity contribution in [2.24, 2.45) is 0 Å². The maximum absolute atomic E-state index is 13.2. The van der Waals surface area contributed by atoms with Gasteiger partial charge >= 0.3 is 6.18 Å². The molecule has 0 unspecified atom stereocenters. The lowest BCUT2D eigenvalue weighted by Gasteiger charge is -2.16. The Labute approximate surface area is 223 Å². The molecule has 1 atom stereocenters. The van der Waals surface area contributed by atoms with E-state index >= 15 is 0 Å². The molecule has 2 amide bonds. The van der Waals surface area contributed by atoms with Gasteiger partial charge in [0, 0.05) is 17.2 Å². The molecule has 2 N–H and O–H groups in total. The van der Waals surface area contributed by atoms with E-state index < -0.39 is 23.6 Å². The van der Waals surface area contributed by atoms with Gasteiger partial charge in [-0.05, 0) is 61.0 Å². The summed E-state index contributed by atoms with van der Waals surface area (Å²) >= 11 is 0. The molecule has 4 aromatic rings. The summed E-state index contributed by atoms with van der Waals surface area (Å²) in [5.41, 5.74) is 0.445. The Morgan fingerprint density at radius 3 is 2.31 bits per heavy atom. The van der Waals surface area contributed by atoms with Gasteiger partial charge in [-0.15, -0.1) is 0 Å². The monoisotopic (exact) mass is 534 g/mol. The highest BCUT2D eigenvalue weighted by Gasteiger charge is 2.30. The molecule has 4 rings (SSSR count). The average molecular weight is 535 g/mol. The van der Waals surface area contributed by atoms with Crippen molar-refractivity contribution in [1.82, 2.24) is 10.6 Å². The van der Waals surface area contributed by atoms with E-state index in [9.17, 15) is 22.8 Å². The highest BCUT2D eigenvalue weighted by Crippen LogP contribution is 2.33. The summed E-state index contributed by atoms with van der Waals surface area (Å²) in [7, 11) is 1.51. The van der Waals surface area contributed by atoms with Crippen molar-refractivity contribution in [3.05, 3.63) is 119 Å². The fourth-order valence-corrected chi connectivity index (χ4v) is 3.77. The van der Waals surface area contributed by atoms with Gasteiger partial charge in [0.1, 0.15) is 23.0 Å². The Hall–Kier alpha value is -4.79. The minimum absolute atomic E-state index is 0.108. The van der Waals surface area contributed by atoms with Crippen LogP contribution in [0.25, 0.3) is 17.4 Å². The van der Waals surface area contributed by atoms with Gasteiger partial charge in [-0.25, -0.2) is 0 Å². The van der Waals surface area contributed by atoms with Crippen molar-refractivity contribution in [2.45, 2.75) is 19.1 Å². The van der Waals surface area contributed by atoms with Crippen molar-refractivity contribution in [2.75, 3.05) is 7.11 Å². The average Bonchev–Trinajstić information content (AvgIpc) is 3.41. The fourth-order valence-electron chi connectivity index (χ4n) is 3.77. The number of alkyl halides is 3. The molecule has 0 aliphatic carbocycles. The Bertz CT molecular complexity index is 1480. The molecule has 39 heavy (non-hydrogen) atoms. The van der Waals surface area contributed by atoms with Crippen LogP contribution in [0.5, 0.6) is 5.75 Å². The predicted octanol–water partition coefficient (Wildman–Crippen LogP) is 6.62. The highest BCUT2D eigenvalue weighted by atomic mass is 19.4. The van der Waals surface area contributed by atoms with E-state index in [1.54, 1.807) is 31.2 Å². The molecule has 6 nitrogen and oxygen atoms in total. The number of methoxy groups -OCH3 is 1. The summed E-state index contributed by atoms with van der Waals surface area (Å²) in [4.78, 5) is 26.2. The molecule has 1 aromatic heterocycles. The SMILES string of the molecule is COc1ccc(C(=O)N/C(=C\c2ccc(-c3cccc(C(F)(F)F)c3)o2)C(=O)N[C@@H](C)c2ccccc2)cc1. The van der Waals surface area contributed by atoms with E-state index in [0.29, 0.717) is 5.75 Å². The molecule has 0 aliphatic heterocycles. The molecular formula is C30H25F3N2O4. The first-order chi connectivity index (χ1) is 18.6. The molecule has 0 saturated heterocycles. The van der Waals surface area contributed by atoms with Gasteiger partial charge in [0.15, 0.2) is 0 Å². The number of carbonyl (C=O) groups excluding carboxylic acids is 2. The minimum Gasteiger partial charge on any atom is -0.497 e. The Balaban J connectivity index is 1.62. The topological polar surface area (TPSA) is 80.6 Å². The van der Waals surface area contributed by atoms with Crippen LogP contribution in [0.3, 0.4) is 0 Å². The van der Waals surface area contributed by atoms with E-state index in [0.717, 1.165) is 17.7 Å². The third-order valence-electron chi connectivity index (χ3n) is 5.88. The number of halogens is 3. The lowest BCUT2D eigenvalue weighted by Crippen LogP contribution is -2.36. The molecule has 0 bridgehead atoms. The molecule has 200 valence electrons. The van der Waals surface area contributed by atoms with Crippen molar-refractivity contribution < 1.29 is 31.9 Å². The molecule has 9 heteroatoms. The van der Waals surface area contributed by atoms with Crippen LogP contribution >= 0.6 is 0 Å². The van der Waals surface area contributed by atoms with E-state index in [4.69, 9.17) is 9.15 Å². The lowest BCUT2D eigenvalue weighted by atomic mass is 10.1. The van der Waals surface area contributed by atoms with Crippen LogP contribution < -0.4 is 15.4 Å². The first-order valence-electron chi connectivity index (χ1n) is 11.9. The van der Waals surface area contributed by atoms with Gasteiger partial charge in [0.25, 0.3) is 11.8 Å². The van der Waals surface area contributed by atoms with E-state index in [2.05, 4.69) is 10.6 Å². The predicted molar refractivity (Wildman–Crippen MR) is 141 cm³/mol. The quantitative estimate of drug-likeness (QED) is 0.249. The summed E-state index contributed by atoms with van der Waals surface area (Å²) < 4.78 is 50.3. The number of furan rings is 1. The summed E-state index contributed by atoms with van der Waals surface area (Å²) in [5.74, 6) is -0.225. The first-order valence-corrected chi connectivity index (χ1v) is 11.9. The van der Waals surface area contributed by atoms with Gasteiger partial charge in [-0.2, -0.15) is 13.2 Å². The van der Waals surface area contributed by atoms with Crippen LogP contribution in [0.2, 0.25) is 0 Å². The van der Waals surface area contributed by atoms with Gasteiger partial charge < -0.3 is 19.8 Å². The summed E-state index contributed by atoms with van der Waals surface area (Å²) in [6, 6.07) is 22.9. The number of carbonyl (C=O) groups is 2. The molecule has 0 fully saturated rings. The summed E-state index contributed by atoms with van der Waals surface area (Å²) in [5, 5.41) is 5.46. The Kier molecular flexibility index (Phi) is 8.19. The molecular weight excluding hydrogens is 509 g/mol. The van der Waals surface area contributed by atoms with E-state index in [-0.39, 0.29) is 34.4 Å². The third kappa shape index (κ3) is 6.95. The van der Waals surface area contributed by atoms with Gasteiger partial charge in [-0.3, -0.25) is 9.59 Å². The number of benzene rings is 3. The fraction of sp³-hybridized carbons (Fsp3) is 0.133. The second kappa shape index (κ2) is 11.7. The number of nitrogens with one attached hydrogen (secondary N) is 2.